The van der Waals surface area contributed by atoms with Gasteiger partial charge in [-0.05, 0) is 22.0 Å². The number of carbonyl (C=O) groups excluding carboxylic acids is 1. The molecular formula is C13H14N4O3. The van der Waals surface area contributed by atoms with Crippen LogP contribution < -0.4 is 5.32 Å². The number of rotatable bonds is 6. The smallest absolute Gasteiger partial charge is 0.378 e. The normalized spacial score (nSPS) is 10.2. The molecule has 0 spiro atoms. The number of nitro groups is 1. The fourth-order valence-corrected chi connectivity index (χ4v) is 1.74. The second kappa shape index (κ2) is 5.96. The van der Waals surface area contributed by atoms with Gasteiger partial charge in [-0.2, -0.15) is 0 Å². The summed E-state index contributed by atoms with van der Waals surface area (Å²) in [7, 11) is 0. The number of carbonyl (C=O) groups is 1. The van der Waals surface area contributed by atoms with Crippen LogP contribution >= 0.6 is 0 Å². The van der Waals surface area contributed by atoms with Crippen LogP contribution in [0.1, 0.15) is 5.82 Å². The average Bonchev–Trinajstić information content (AvgIpc) is 2.79. The number of anilines is 1. The molecule has 2 aromatic rings. The van der Waals surface area contributed by atoms with Gasteiger partial charge in [0.1, 0.15) is 6.20 Å². The van der Waals surface area contributed by atoms with Gasteiger partial charge >= 0.3 is 5.82 Å². The van der Waals surface area contributed by atoms with E-state index < -0.39 is 4.92 Å². The minimum atomic E-state index is -0.573. The maximum atomic E-state index is 11.8. The maximum Gasteiger partial charge on any atom is 0.381 e. The first-order chi connectivity index (χ1) is 9.56. The van der Waals surface area contributed by atoms with Crippen molar-refractivity contribution < 1.29 is 9.72 Å². The number of benzene rings is 1. The quantitative estimate of drug-likeness (QED) is 0.640. The molecule has 1 aromatic heterocycles. The van der Waals surface area contributed by atoms with Crippen LogP contribution in [0.5, 0.6) is 0 Å². The Labute approximate surface area is 115 Å². The second-order valence-electron chi connectivity index (χ2n) is 4.29. The molecule has 0 atom stereocenters. The third-order valence-electron chi connectivity index (χ3n) is 2.76. The number of imidazole rings is 1. The highest BCUT2D eigenvalue weighted by atomic mass is 16.6. The summed E-state index contributed by atoms with van der Waals surface area (Å²) in [5.74, 6) is 0.125. The van der Waals surface area contributed by atoms with Crippen molar-refractivity contribution in [3.05, 3.63) is 52.5 Å². The highest BCUT2D eigenvalue weighted by Crippen LogP contribution is 2.10. The highest BCUT2D eigenvalue weighted by Gasteiger charge is 2.16. The van der Waals surface area contributed by atoms with Crippen LogP contribution in [0, 0.1) is 17.0 Å². The number of hydrogen-bond acceptors (Lipinski definition) is 5. The first kappa shape index (κ1) is 13.7. The Morgan fingerprint density at radius 3 is 2.70 bits per heavy atom. The van der Waals surface area contributed by atoms with Gasteiger partial charge in [0.25, 0.3) is 0 Å². The minimum absolute atomic E-state index is 0.0620. The van der Waals surface area contributed by atoms with E-state index in [0.717, 1.165) is 5.69 Å². The molecule has 0 bridgehead atoms. The van der Waals surface area contributed by atoms with E-state index in [2.05, 4.69) is 10.3 Å². The van der Waals surface area contributed by atoms with Gasteiger partial charge in [-0.3, -0.25) is 4.79 Å². The molecule has 1 N–H and O–H groups in total. The average molecular weight is 274 g/mol. The van der Waals surface area contributed by atoms with Crippen molar-refractivity contribution in [2.45, 2.75) is 13.5 Å². The van der Waals surface area contributed by atoms with Crippen molar-refractivity contribution in [2.24, 2.45) is 0 Å². The van der Waals surface area contributed by atoms with E-state index >= 15 is 0 Å². The van der Waals surface area contributed by atoms with Crippen molar-refractivity contribution in [3.63, 3.8) is 0 Å². The first-order valence-corrected chi connectivity index (χ1v) is 6.05. The van der Waals surface area contributed by atoms with E-state index in [1.54, 1.807) is 6.92 Å². The van der Waals surface area contributed by atoms with Gasteiger partial charge in [-0.1, -0.05) is 18.2 Å². The molecule has 20 heavy (non-hydrogen) atoms. The Bertz CT molecular complexity index is 622. The summed E-state index contributed by atoms with van der Waals surface area (Å²) >= 11 is 0. The van der Waals surface area contributed by atoms with Crippen LogP contribution in [0.25, 0.3) is 0 Å². The van der Waals surface area contributed by atoms with Gasteiger partial charge in [-0.25, -0.2) is 0 Å². The standard InChI is InChI=1S/C13H14N4O3/c1-10-15-13(17(19)20)9-16(10)8-12(18)7-14-11-5-3-2-4-6-11/h2-6,9,14H,7-8H2,1H3. The van der Waals surface area contributed by atoms with Gasteiger partial charge in [0.05, 0.1) is 13.1 Å². The molecule has 1 aromatic carbocycles. The molecule has 7 nitrogen and oxygen atoms in total. The third-order valence-corrected chi connectivity index (χ3v) is 2.76. The number of aryl methyl sites for hydroxylation is 1. The Morgan fingerprint density at radius 2 is 2.10 bits per heavy atom. The molecule has 7 heteroatoms. The number of ketones is 1. The van der Waals surface area contributed by atoms with Crippen molar-refractivity contribution in [3.8, 4) is 0 Å². The number of hydrogen-bond donors (Lipinski definition) is 1. The van der Waals surface area contributed by atoms with E-state index in [1.165, 1.54) is 10.8 Å². The van der Waals surface area contributed by atoms with Gasteiger partial charge in [0, 0.05) is 12.6 Å². The monoisotopic (exact) mass is 274 g/mol. The van der Waals surface area contributed by atoms with Gasteiger partial charge in [-0.15, -0.1) is 0 Å². The van der Waals surface area contributed by atoms with Gasteiger partial charge in [0.2, 0.25) is 5.82 Å². The Morgan fingerprint density at radius 1 is 1.40 bits per heavy atom. The SMILES string of the molecule is Cc1nc([N+](=O)[O-])cn1CC(=O)CNc1ccccc1. The summed E-state index contributed by atoms with van der Waals surface area (Å²) in [5, 5.41) is 13.6. The molecule has 2 rings (SSSR count). The summed E-state index contributed by atoms with van der Waals surface area (Å²) in [6, 6.07) is 9.36. The van der Waals surface area contributed by atoms with E-state index in [0.29, 0.717) is 5.82 Å². The zero-order valence-corrected chi connectivity index (χ0v) is 10.9. The van der Waals surface area contributed by atoms with E-state index in [9.17, 15) is 14.9 Å². The first-order valence-electron chi connectivity index (χ1n) is 6.05. The number of nitrogens with zero attached hydrogens (tertiary/aromatic N) is 3. The van der Waals surface area contributed by atoms with Gasteiger partial charge in [0.15, 0.2) is 5.78 Å². The molecule has 1 heterocycles. The molecule has 0 aliphatic heterocycles. The molecule has 0 saturated carbocycles. The molecule has 0 unspecified atom stereocenters. The van der Waals surface area contributed by atoms with Crippen molar-refractivity contribution in [1.82, 2.24) is 9.55 Å². The Balaban J connectivity index is 1.93. The largest absolute Gasteiger partial charge is 0.381 e. The Hall–Kier alpha value is -2.70. The lowest BCUT2D eigenvalue weighted by atomic mass is 10.3. The molecule has 0 radical (unpaired) electrons. The number of nitrogens with one attached hydrogen (secondary N) is 1. The predicted octanol–water partition coefficient (Wildman–Crippen LogP) is 1.78. The number of aromatic nitrogens is 2. The van der Waals surface area contributed by atoms with Crippen LogP contribution in [-0.4, -0.2) is 26.8 Å². The molecular weight excluding hydrogens is 260 g/mol. The van der Waals surface area contributed by atoms with Crippen LogP contribution in [0.4, 0.5) is 11.5 Å². The summed E-state index contributed by atoms with van der Waals surface area (Å²) in [6.07, 6.45) is 1.27. The third kappa shape index (κ3) is 3.41. The fraction of sp³-hybridized carbons (Fsp3) is 0.231. The van der Waals surface area contributed by atoms with E-state index in [-0.39, 0.29) is 24.7 Å². The molecule has 0 aliphatic rings. The highest BCUT2D eigenvalue weighted by molar-refractivity contribution is 5.82. The topological polar surface area (TPSA) is 90.1 Å². The molecule has 0 saturated heterocycles. The van der Waals surface area contributed by atoms with Crippen molar-refractivity contribution in [2.75, 3.05) is 11.9 Å². The molecule has 0 amide bonds. The van der Waals surface area contributed by atoms with Crippen molar-refractivity contribution in [1.29, 1.82) is 0 Å². The van der Waals surface area contributed by atoms with E-state index in [1.807, 2.05) is 30.3 Å². The van der Waals surface area contributed by atoms with Crippen molar-refractivity contribution >= 4 is 17.3 Å². The van der Waals surface area contributed by atoms with Gasteiger partial charge < -0.3 is 20.0 Å². The predicted molar refractivity (Wildman–Crippen MR) is 73.6 cm³/mol. The number of Topliss-reactive ketones (excluding diaryl/α,β-unsaturated/α-hetero) is 1. The summed E-state index contributed by atoms with van der Waals surface area (Å²) in [4.78, 5) is 25.6. The van der Waals surface area contributed by atoms with Crippen LogP contribution in [0.2, 0.25) is 0 Å². The van der Waals surface area contributed by atoms with Crippen LogP contribution in [0.15, 0.2) is 36.5 Å². The second-order valence-corrected chi connectivity index (χ2v) is 4.29. The Kier molecular flexibility index (Phi) is 4.09. The van der Waals surface area contributed by atoms with E-state index in [4.69, 9.17) is 0 Å². The lowest BCUT2D eigenvalue weighted by Crippen LogP contribution is -2.19. The fourth-order valence-electron chi connectivity index (χ4n) is 1.74. The lowest BCUT2D eigenvalue weighted by molar-refractivity contribution is -0.389. The summed E-state index contributed by atoms with van der Waals surface area (Å²) in [6.45, 7) is 1.85. The van der Waals surface area contributed by atoms with Crippen LogP contribution in [-0.2, 0) is 11.3 Å². The summed E-state index contributed by atoms with van der Waals surface area (Å²) < 4.78 is 1.48. The maximum absolute atomic E-state index is 11.8. The lowest BCUT2D eigenvalue weighted by Gasteiger charge is -2.05. The molecule has 0 fully saturated rings. The van der Waals surface area contributed by atoms with Crippen LogP contribution in [0.3, 0.4) is 0 Å². The zero-order chi connectivity index (χ0) is 14.5. The summed E-state index contributed by atoms with van der Waals surface area (Å²) in [5.41, 5.74) is 0.856. The minimum Gasteiger partial charge on any atom is -0.378 e. The molecule has 104 valence electrons. The zero-order valence-electron chi connectivity index (χ0n) is 10.9. The molecule has 0 aliphatic carbocycles. The number of para-hydroxylation sites is 1.